The van der Waals surface area contributed by atoms with Gasteiger partial charge in [-0.25, -0.2) is 4.79 Å². The van der Waals surface area contributed by atoms with Crippen molar-refractivity contribution in [3.8, 4) is 0 Å². The van der Waals surface area contributed by atoms with E-state index in [1.165, 1.54) is 0 Å². The Balaban J connectivity index is 3.60. The lowest BCUT2D eigenvalue weighted by molar-refractivity contribution is 0.151. The van der Waals surface area contributed by atoms with Crippen molar-refractivity contribution in [1.29, 1.82) is 0 Å². The highest BCUT2D eigenvalue weighted by molar-refractivity contribution is 5.81. The Kier molecular flexibility index (Phi) is 5.15. The lowest BCUT2D eigenvalue weighted by atomic mass is 10.3. The third-order valence-electron chi connectivity index (χ3n) is 1.12. The van der Waals surface area contributed by atoms with E-state index < -0.39 is 6.09 Å². The van der Waals surface area contributed by atoms with Crippen LogP contribution in [0.25, 0.3) is 0 Å². The van der Waals surface area contributed by atoms with Gasteiger partial charge in [-0.3, -0.25) is 4.84 Å². The Morgan fingerprint density at radius 1 is 1.55 bits per heavy atom. The van der Waals surface area contributed by atoms with Crippen molar-refractivity contribution in [1.82, 2.24) is 5.32 Å². The maximum absolute atomic E-state index is 10.6. The zero-order chi connectivity index (χ0) is 8.69. The molecule has 0 bridgehead atoms. The minimum Gasteiger partial charge on any atom is -0.320 e. The maximum atomic E-state index is 10.6. The summed E-state index contributed by atoms with van der Waals surface area (Å²) in [5.74, 6) is 0. The Labute approximate surface area is 66.6 Å². The first-order valence-electron chi connectivity index (χ1n) is 3.69. The highest BCUT2D eigenvalue weighted by atomic mass is 16.7. The van der Waals surface area contributed by atoms with Crippen LogP contribution in [0.2, 0.25) is 0 Å². The average molecular weight is 158 g/mol. The fourth-order valence-electron chi connectivity index (χ4n) is 0.361. The van der Waals surface area contributed by atoms with Crippen LogP contribution >= 0.6 is 0 Å². The van der Waals surface area contributed by atoms with Crippen molar-refractivity contribution in [2.75, 3.05) is 6.54 Å². The van der Waals surface area contributed by atoms with Crippen LogP contribution in [0.15, 0.2) is 5.16 Å². The zero-order valence-electron chi connectivity index (χ0n) is 7.18. The number of carbonyl (C=O) groups excluding carboxylic acids is 1. The number of oxime groups is 1. The molecule has 0 fully saturated rings. The van der Waals surface area contributed by atoms with Gasteiger partial charge >= 0.3 is 6.09 Å². The number of nitrogens with one attached hydrogen (secondary N) is 1. The molecule has 0 heterocycles. The fraction of sp³-hybridized carbons (Fsp3) is 0.714. The van der Waals surface area contributed by atoms with E-state index in [2.05, 4.69) is 15.3 Å². The predicted octanol–water partition coefficient (Wildman–Crippen LogP) is 1.52. The van der Waals surface area contributed by atoms with Gasteiger partial charge in [-0.15, -0.1) is 0 Å². The van der Waals surface area contributed by atoms with Crippen LogP contribution in [0.3, 0.4) is 0 Å². The summed E-state index contributed by atoms with van der Waals surface area (Å²) in [5.41, 5.74) is 0.802. The van der Waals surface area contributed by atoms with E-state index >= 15 is 0 Å². The molecule has 1 N–H and O–H groups in total. The molecule has 11 heavy (non-hydrogen) atoms. The second-order valence-electron chi connectivity index (χ2n) is 2.09. The van der Waals surface area contributed by atoms with Gasteiger partial charge in [0.15, 0.2) is 0 Å². The second kappa shape index (κ2) is 5.70. The predicted molar refractivity (Wildman–Crippen MR) is 43.6 cm³/mol. The van der Waals surface area contributed by atoms with Crippen molar-refractivity contribution in [3.63, 3.8) is 0 Å². The summed E-state index contributed by atoms with van der Waals surface area (Å²) in [7, 11) is 0. The average Bonchev–Trinajstić information content (AvgIpc) is 2.01. The summed E-state index contributed by atoms with van der Waals surface area (Å²) in [6.45, 7) is 6.12. The summed E-state index contributed by atoms with van der Waals surface area (Å²) in [4.78, 5) is 15.1. The monoisotopic (exact) mass is 158 g/mol. The van der Waals surface area contributed by atoms with E-state index in [-0.39, 0.29) is 0 Å². The first kappa shape index (κ1) is 9.94. The Morgan fingerprint density at radius 3 is 2.64 bits per heavy atom. The largest absolute Gasteiger partial charge is 0.433 e. The Morgan fingerprint density at radius 2 is 2.18 bits per heavy atom. The van der Waals surface area contributed by atoms with Crippen LogP contribution in [0.1, 0.15) is 27.2 Å². The van der Waals surface area contributed by atoms with Gasteiger partial charge in [-0.2, -0.15) is 0 Å². The third kappa shape index (κ3) is 5.39. The molecule has 0 aliphatic heterocycles. The molecule has 0 aromatic rings. The van der Waals surface area contributed by atoms with Crippen molar-refractivity contribution in [3.05, 3.63) is 0 Å². The van der Waals surface area contributed by atoms with Crippen LogP contribution in [0.5, 0.6) is 0 Å². The molecule has 4 heteroatoms. The van der Waals surface area contributed by atoms with Gasteiger partial charge in [0, 0.05) is 6.54 Å². The molecule has 0 aliphatic carbocycles. The number of hydrogen-bond acceptors (Lipinski definition) is 3. The number of nitrogens with zero attached hydrogens (tertiary/aromatic N) is 1. The van der Waals surface area contributed by atoms with Crippen LogP contribution in [-0.2, 0) is 4.84 Å². The van der Waals surface area contributed by atoms with Gasteiger partial charge in [0.05, 0.1) is 5.71 Å². The first-order chi connectivity index (χ1) is 5.20. The number of hydrogen-bond donors (Lipinski definition) is 1. The van der Waals surface area contributed by atoms with E-state index in [9.17, 15) is 4.79 Å². The molecule has 0 saturated carbocycles. The molecule has 0 aromatic carbocycles. The van der Waals surface area contributed by atoms with Crippen molar-refractivity contribution in [2.24, 2.45) is 5.16 Å². The van der Waals surface area contributed by atoms with E-state index in [4.69, 9.17) is 0 Å². The standard InChI is InChI=1S/C7H14N2O2/c1-4-6(3)9-11-7(10)8-5-2/h4-5H2,1-3H3,(H,8,10)/b9-6+. The highest BCUT2D eigenvalue weighted by Gasteiger charge is 1.96. The Hall–Kier alpha value is -1.06. The van der Waals surface area contributed by atoms with Gasteiger partial charge in [0.1, 0.15) is 0 Å². The van der Waals surface area contributed by atoms with Gasteiger partial charge in [0.2, 0.25) is 0 Å². The molecule has 0 aromatic heterocycles. The highest BCUT2D eigenvalue weighted by Crippen LogP contribution is 1.86. The second-order valence-corrected chi connectivity index (χ2v) is 2.09. The molecule has 0 aliphatic rings. The minimum atomic E-state index is -0.500. The molecular weight excluding hydrogens is 144 g/mol. The molecule has 64 valence electrons. The van der Waals surface area contributed by atoms with Crippen LogP contribution in [0, 0.1) is 0 Å². The molecule has 4 nitrogen and oxygen atoms in total. The smallest absolute Gasteiger partial charge is 0.320 e. The number of rotatable bonds is 3. The summed E-state index contributed by atoms with van der Waals surface area (Å²) in [6.07, 6.45) is 0.291. The van der Waals surface area contributed by atoms with Crippen LogP contribution in [-0.4, -0.2) is 18.3 Å². The lowest BCUT2D eigenvalue weighted by Gasteiger charge is -1.98. The van der Waals surface area contributed by atoms with Crippen LogP contribution in [0.4, 0.5) is 4.79 Å². The molecule has 0 atom stereocenters. The minimum absolute atomic E-state index is 0.500. The molecule has 0 unspecified atom stereocenters. The Bertz CT molecular complexity index is 155. The topological polar surface area (TPSA) is 50.7 Å². The van der Waals surface area contributed by atoms with Gasteiger partial charge < -0.3 is 5.32 Å². The van der Waals surface area contributed by atoms with Crippen LogP contribution < -0.4 is 5.32 Å². The molecule has 0 radical (unpaired) electrons. The van der Waals surface area contributed by atoms with Crippen molar-refractivity contribution >= 4 is 11.8 Å². The van der Waals surface area contributed by atoms with E-state index in [1.54, 1.807) is 6.92 Å². The fourth-order valence-corrected chi connectivity index (χ4v) is 0.361. The summed E-state index contributed by atoms with van der Waals surface area (Å²) in [5, 5.41) is 6.02. The third-order valence-corrected chi connectivity index (χ3v) is 1.12. The number of carbonyl (C=O) groups is 1. The van der Waals surface area contributed by atoms with Crippen molar-refractivity contribution < 1.29 is 9.63 Å². The van der Waals surface area contributed by atoms with E-state index in [0.717, 1.165) is 12.1 Å². The summed E-state index contributed by atoms with van der Waals surface area (Å²) >= 11 is 0. The quantitative estimate of drug-likeness (QED) is 0.384. The van der Waals surface area contributed by atoms with Gasteiger partial charge in [0.25, 0.3) is 0 Å². The maximum Gasteiger partial charge on any atom is 0.433 e. The molecule has 0 spiro atoms. The molecule has 1 amide bonds. The zero-order valence-corrected chi connectivity index (χ0v) is 7.18. The number of amides is 1. The molecule has 0 saturated heterocycles. The molecular formula is C7H14N2O2. The summed E-state index contributed by atoms with van der Waals surface area (Å²) < 4.78 is 0. The lowest BCUT2D eigenvalue weighted by Crippen LogP contribution is -2.22. The van der Waals surface area contributed by atoms with E-state index in [1.807, 2.05) is 13.8 Å². The van der Waals surface area contributed by atoms with Gasteiger partial charge in [-0.1, -0.05) is 12.1 Å². The first-order valence-corrected chi connectivity index (χ1v) is 3.69. The summed E-state index contributed by atoms with van der Waals surface area (Å²) in [6, 6.07) is 0. The van der Waals surface area contributed by atoms with Gasteiger partial charge in [-0.05, 0) is 20.3 Å². The van der Waals surface area contributed by atoms with Crippen molar-refractivity contribution in [2.45, 2.75) is 27.2 Å². The SMILES string of the molecule is CCNC(=O)O/N=C(\C)CC. The normalized spacial score (nSPS) is 11.0. The molecule has 0 rings (SSSR count). The van der Waals surface area contributed by atoms with E-state index in [0.29, 0.717) is 6.54 Å².